The van der Waals surface area contributed by atoms with E-state index in [2.05, 4.69) is 20.1 Å². The summed E-state index contributed by atoms with van der Waals surface area (Å²) in [6.45, 7) is 6.36. The van der Waals surface area contributed by atoms with Gasteiger partial charge in [0.1, 0.15) is 5.82 Å². The highest BCUT2D eigenvalue weighted by atomic mass is 16.5. The third-order valence-electron chi connectivity index (χ3n) is 4.02. The van der Waals surface area contributed by atoms with Crippen molar-refractivity contribution in [3.8, 4) is 0 Å². The monoisotopic (exact) mass is 276 g/mol. The number of pyridine rings is 1. The van der Waals surface area contributed by atoms with Gasteiger partial charge >= 0.3 is 5.97 Å². The molecule has 3 heterocycles. The van der Waals surface area contributed by atoms with Crippen molar-refractivity contribution >= 4 is 11.8 Å². The van der Waals surface area contributed by atoms with Crippen molar-refractivity contribution in [3.63, 3.8) is 0 Å². The summed E-state index contributed by atoms with van der Waals surface area (Å²) in [6, 6.07) is 4.10. The highest BCUT2D eigenvalue weighted by Gasteiger charge is 2.33. The molecule has 1 aromatic rings. The van der Waals surface area contributed by atoms with Crippen LogP contribution in [0, 0.1) is 0 Å². The van der Waals surface area contributed by atoms with Crippen molar-refractivity contribution in [2.45, 2.75) is 6.04 Å². The summed E-state index contributed by atoms with van der Waals surface area (Å²) in [7, 11) is 1.40. The van der Waals surface area contributed by atoms with E-state index in [1.165, 1.54) is 7.11 Å². The minimum atomic E-state index is -0.312. The molecule has 2 aliphatic heterocycles. The zero-order valence-corrected chi connectivity index (χ0v) is 11.7. The molecule has 1 N–H and O–H groups in total. The van der Waals surface area contributed by atoms with Crippen LogP contribution < -0.4 is 10.2 Å². The molecule has 0 spiro atoms. The summed E-state index contributed by atoms with van der Waals surface area (Å²) in [5.41, 5.74) is 0.558. The molecule has 20 heavy (non-hydrogen) atoms. The first-order valence-electron chi connectivity index (χ1n) is 7.02. The number of esters is 1. The maximum absolute atomic E-state index is 11.5. The fraction of sp³-hybridized carbons (Fsp3) is 0.571. The molecule has 2 aliphatic rings. The molecule has 2 saturated heterocycles. The van der Waals surface area contributed by atoms with E-state index in [1.54, 1.807) is 18.3 Å². The van der Waals surface area contributed by atoms with Crippen LogP contribution in [0.3, 0.4) is 0 Å². The highest BCUT2D eigenvalue weighted by Crippen LogP contribution is 2.23. The lowest BCUT2D eigenvalue weighted by Gasteiger charge is -2.47. The van der Waals surface area contributed by atoms with Crippen LogP contribution >= 0.6 is 0 Å². The number of hydrogen-bond acceptors (Lipinski definition) is 6. The Balaban J connectivity index is 1.60. The maximum Gasteiger partial charge on any atom is 0.338 e. The molecule has 2 fully saturated rings. The normalized spacial score (nSPS) is 20.6. The quantitative estimate of drug-likeness (QED) is 0.782. The van der Waals surface area contributed by atoms with Gasteiger partial charge in [-0.2, -0.15) is 0 Å². The summed E-state index contributed by atoms with van der Waals surface area (Å²) in [6.07, 6.45) is 1.67. The third-order valence-corrected chi connectivity index (χ3v) is 4.02. The average molecular weight is 276 g/mol. The highest BCUT2D eigenvalue weighted by molar-refractivity contribution is 5.90. The van der Waals surface area contributed by atoms with Crippen LogP contribution in [0.1, 0.15) is 10.4 Å². The van der Waals surface area contributed by atoms with Crippen molar-refractivity contribution in [1.29, 1.82) is 0 Å². The molecule has 108 valence electrons. The smallest absolute Gasteiger partial charge is 0.338 e. The Morgan fingerprint density at radius 3 is 2.85 bits per heavy atom. The van der Waals surface area contributed by atoms with Gasteiger partial charge in [-0.3, -0.25) is 4.90 Å². The van der Waals surface area contributed by atoms with Gasteiger partial charge in [-0.15, -0.1) is 0 Å². The summed E-state index contributed by atoms with van der Waals surface area (Å²) >= 11 is 0. The maximum atomic E-state index is 11.5. The number of hydrogen-bond donors (Lipinski definition) is 1. The second-order valence-corrected chi connectivity index (χ2v) is 5.24. The molecular formula is C14H20N4O2. The molecule has 3 rings (SSSR count). The minimum Gasteiger partial charge on any atom is -0.465 e. The number of rotatable bonds is 3. The van der Waals surface area contributed by atoms with Crippen LogP contribution in [0.2, 0.25) is 0 Å². The van der Waals surface area contributed by atoms with Gasteiger partial charge in [0.25, 0.3) is 0 Å². The minimum absolute atomic E-state index is 0.312. The number of methoxy groups -OCH3 is 1. The van der Waals surface area contributed by atoms with E-state index in [1.807, 2.05) is 0 Å². The summed E-state index contributed by atoms with van der Waals surface area (Å²) in [5, 5.41) is 3.37. The molecule has 0 atom stereocenters. The van der Waals surface area contributed by atoms with Crippen molar-refractivity contribution in [2.75, 3.05) is 51.3 Å². The molecule has 6 heteroatoms. The fourth-order valence-electron chi connectivity index (χ4n) is 2.76. The Bertz CT molecular complexity index is 482. The number of aromatic nitrogens is 1. The molecule has 0 aromatic carbocycles. The zero-order chi connectivity index (χ0) is 13.9. The van der Waals surface area contributed by atoms with E-state index in [4.69, 9.17) is 4.74 Å². The van der Waals surface area contributed by atoms with Gasteiger partial charge in [0.05, 0.1) is 12.7 Å². The largest absolute Gasteiger partial charge is 0.465 e. The van der Waals surface area contributed by atoms with Crippen LogP contribution in [-0.2, 0) is 4.74 Å². The second kappa shape index (κ2) is 5.76. The van der Waals surface area contributed by atoms with E-state index >= 15 is 0 Å². The average Bonchev–Trinajstić information content (AvgIpc) is 2.46. The zero-order valence-electron chi connectivity index (χ0n) is 11.7. The number of nitrogens with one attached hydrogen (secondary N) is 1. The fourth-order valence-corrected chi connectivity index (χ4v) is 2.76. The van der Waals surface area contributed by atoms with Gasteiger partial charge in [0.15, 0.2) is 0 Å². The number of nitrogens with zero attached hydrogens (tertiary/aromatic N) is 3. The number of carbonyl (C=O) groups excluding carboxylic acids is 1. The Labute approximate surface area is 118 Å². The number of ether oxygens (including phenoxy) is 1. The van der Waals surface area contributed by atoms with Crippen LogP contribution in [0.4, 0.5) is 5.82 Å². The van der Waals surface area contributed by atoms with Crippen LogP contribution in [0.5, 0.6) is 0 Å². The first-order valence-corrected chi connectivity index (χ1v) is 7.02. The van der Waals surface area contributed by atoms with Gasteiger partial charge in [-0.1, -0.05) is 0 Å². The molecule has 0 amide bonds. The lowest BCUT2D eigenvalue weighted by molar-refractivity contribution is 0.0600. The first-order chi connectivity index (χ1) is 9.78. The van der Waals surface area contributed by atoms with Crippen LogP contribution in [0.25, 0.3) is 0 Å². The Morgan fingerprint density at radius 1 is 1.40 bits per heavy atom. The SMILES string of the molecule is COC(=O)c1ccnc(N2CC(N3CCNCC3)C2)c1. The van der Waals surface area contributed by atoms with Crippen molar-refractivity contribution < 1.29 is 9.53 Å². The predicted octanol–water partition coefficient (Wildman–Crippen LogP) is -0.0380. The lowest BCUT2D eigenvalue weighted by atomic mass is 10.1. The topological polar surface area (TPSA) is 57.7 Å². The van der Waals surface area contributed by atoms with Gasteiger partial charge in [0, 0.05) is 51.5 Å². The van der Waals surface area contributed by atoms with Crippen molar-refractivity contribution in [2.24, 2.45) is 0 Å². The molecule has 6 nitrogen and oxygen atoms in total. The number of anilines is 1. The molecule has 0 saturated carbocycles. The molecule has 0 aliphatic carbocycles. The van der Waals surface area contributed by atoms with E-state index in [0.717, 1.165) is 45.1 Å². The van der Waals surface area contributed by atoms with E-state index in [9.17, 15) is 4.79 Å². The summed E-state index contributed by atoms with van der Waals surface area (Å²) < 4.78 is 4.74. The summed E-state index contributed by atoms with van der Waals surface area (Å²) in [4.78, 5) is 20.6. The molecule has 0 unspecified atom stereocenters. The number of carbonyl (C=O) groups is 1. The van der Waals surface area contributed by atoms with Gasteiger partial charge in [-0.25, -0.2) is 9.78 Å². The van der Waals surface area contributed by atoms with Crippen molar-refractivity contribution in [1.82, 2.24) is 15.2 Å². The Morgan fingerprint density at radius 2 is 2.15 bits per heavy atom. The van der Waals surface area contributed by atoms with Gasteiger partial charge in [0.2, 0.25) is 0 Å². The van der Waals surface area contributed by atoms with Crippen LogP contribution in [-0.4, -0.2) is 68.3 Å². The molecule has 0 radical (unpaired) electrons. The summed E-state index contributed by atoms with van der Waals surface area (Å²) in [5.74, 6) is 0.548. The Hall–Kier alpha value is -1.66. The van der Waals surface area contributed by atoms with Gasteiger partial charge in [-0.05, 0) is 12.1 Å². The van der Waals surface area contributed by atoms with E-state index < -0.39 is 0 Å². The standard InChI is InChI=1S/C14H20N4O2/c1-20-14(19)11-2-3-16-13(8-11)18-9-12(10-18)17-6-4-15-5-7-17/h2-3,8,12,15H,4-7,9-10H2,1H3. The lowest BCUT2D eigenvalue weighted by Crippen LogP contribution is -2.63. The molecule has 0 bridgehead atoms. The third kappa shape index (κ3) is 2.62. The number of piperazine rings is 1. The molecular weight excluding hydrogens is 256 g/mol. The molecule has 1 aromatic heterocycles. The van der Waals surface area contributed by atoms with Gasteiger partial charge < -0.3 is 15.0 Å². The van der Waals surface area contributed by atoms with Crippen LogP contribution in [0.15, 0.2) is 18.3 Å². The van der Waals surface area contributed by atoms with Crippen molar-refractivity contribution in [3.05, 3.63) is 23.9 Å². The predicted molar refractivity (Wildman–Crippen MR) is 76.0 cm³/mol. The Kier molecular flexibility index (Phi) is 3.84. The van der Waals surface area contributed by atoms with E-state index in [0.29, 0.717) is 11.6 Å². The second-order valence-electron chi connectivity index (χ2n) is 5.24. The van der Waals surface area contributed by atoms with E-state index in [-0.39, 0.29) is 5.97 Å². The first kappa shape index (κ1) is 13.3.